The van der Waals surface area contributed by atoms with E-state index in [4.69, 9.17) is 0 Å². The Kier molecular flexibility index (Phi) is 2.76. The van der Waals surface area contributed by atoms with Gasteiger partial charge in [0.15, 0.2) is 5.69 Å². The zero-order valence-electron chi connectivity index (χ0n) is 12.5. The Hall–Kier alpha value is -2.37. The van der Waals surface area contributed by atoms with Crippen LogP contribution in [0.2, 0.25) is 0 Å². The van der Waals surface area contributed by atoms with Crippen molar-refractivity contribution in [2.75, 3.05) is 13.1 Å². The number of carbonyl (C=O) groups is 2. The van der Waals surface area contributed by atoms with Gasteiger partial charge in [-0.2, -0.15) is 5.10 Å². The third-order valence-corrected chi connectivity index (χ3v) is 4.84. The number of carbonyl (C=O) groups excluding carboxylic acids is 2. The van der Waals surface area contributed by atoms with Crippen molar-refractivity contribution in [1.29, 1.82) is 0 Å². The summed E-state index contributed by atoms with van der Waals surface area (Å²) in [7, 11) is 1.85. The molecule has 1 atom stereocenters. The van der Waals surface area contributed by atoms with Crippen molar-refractivity contribution in [2.45, 2.75) is 24.8 Å². The first kappa shape index (κ1) is 13.3. The number of likely N-dealkylation sites (tertiary alicyclic amines) is 1. The minimum atomic E-state index is -0.211. The summed E-state index contributed by atoms with van der Waals surface area (Å²) in [5.41, 5.74) is 1.24. The SMILES string of the molecule is Cn1nc(C(=O)N2CCC3(CCC(=O)N3)C2)c2ccccc21. The zero-order chi connectivity index (χ0) is 15.3. The molecular formula is C16H18N4O2. The van der Waals surface area contributed by atoms with Gasteiger partial charge in [-0.1, -0.05) is 18.2 Å². The summed E-state index contributed by atoms with van der Waals surface area (Å²) in [5.74, 6) is 0.0485. The predicted molar refractivity (Wildman–Crippen MR) is 81.3 cm³/mol. The van der Waals surface area contributed by atoms with Gasteiger partial charge in [0, 0.05) is 31.9 Å². The third-order valence-electron chi connectivity index (χ3n) is 4.84. The van der Waals surface area contributed by atoms with Crippen LogP contribution in [-0.4, -0.2) is 45.1 Å². The maximum absolute atomic E-state index is 12.8. The molecule has 2 aliphatic heterocycles. The first-order valence-corrected chi connectivity index (χ1v) is 7.60. The average Bonchev–Trinajstić information content (AvgIpc) is 3.19. The molecule has 1 aromatic heterocycles. The van der Waals surface area contributed by atoms with Crippen LogP contribution in [0.1, 0.15) is 29.8 Å². The number of amides is 2. The molecular weight excluding hydrogens is 280 g/mol. The summed E-state index contributed by atoms with van der Waals surface area (Å²) < 4.78 is 1.74. The lowest BCUT2D eigenvalue weighted by atomic mass is 9.97. The molecule has 2 saturated heterocycles. The molecule has 1 N–H and O–H groups in total. The monoisotopic (exact) mass is 298 g/mol. The smallest absolute Gasteiger partial charge is 0.275 e. The van der Waals surface area contributed by atoms with E-state index in [0.717, 1.165) is 23.7 Å². The van der Waals surface area contributed by atoms with Crippen molar-refractivity contribution < 1.29 is 9.59 Å². The second-order valence-electron chi connectivity index (χ2n) is 6.29. The number of benzene rings is 1. The molecule has 1 aromatic carbocycles. The van der Waals surface area contributed by atoms with E-state index in [0.29, 0.717) is 25.2 Å². The van der Waals surface area contributed by atoms with Gasteiger partial charge in [-0.25, -0.2) is 0 Å². The lowest BCUT2D eigenvalue weighted by Crippen LogP contribution is -2.44. The Morgan fingerprint density at radius 1 is 1.32 bits per heavy atom. The van der Waals surface area contributed by atoms with Gasteiger partial charge in [-0.05, 0) is 18.9 Å². The molecule has 1 unspecified atom stereocenters. The van der Waals surface area contributed by atoms with Gasteiger partial charge in [-0.3, -0.25) is 14.3 Å². The second kappa shape index (κ2) is 4.56. The Morgan fingerprint density at radius 2 is 2.14 bits per heavy atom. The molecule has 1 spiro atoms. The summed E-state index contributed by atoms with van der Waals surface area (Å²) in [6.45, 7) is 1.26. The quantitative estimate of drug-likeness (QED) is 0.856. The predicted octanol–water partition coefficient (Wildman–Crippen LogP) is 1.07. The number of rotatable bonds is 1. The summed E-state index contributed by atoms with van der Waals surface area (Å²) >= 11 is 0. The van der Waals surface area contributed by atoms with E-state index in [1.807, 2.05) is 36.2 Å². The highest BCUT2D eigenvalue weighted by Crippen LogP contribution is 2.31. The van der Waals surface area contributed by atoms with Crippen LogP contribution in [0, 0.1) is 0 Å². The first-order valence-electron chi connectivity index (χ1n) is 7.60. The Balaban J connectivity index is 1.63. The zero-order valence-corrected chi connectivity index (χ0v) is 12.5. The van der Waals surface area contributed by atoms with Crippen LogP contribution < -0.4 is 5.32 Å². The van der Waals surface area contributed by atoms with Crippen LogP contribution in [-0.2, 0) is 11.8 Å². The molecule has 2 amide bonds. The van der Waals surface area contributed by atoms with Gasteiger partial charge < -0.3 is 10.2 Å². The first-order chi connectivity index (χ1) is 10.6. The number of hydrogen-bond acceptors (Lipinski definition) is 3. The molecule has 22 heavy (non-hydrogen) atoms. The third kappa shape index (κ3) is 1.90. The average molecular weight is 298 g/mol. The lowest BCUT2D eigenvalue weighted by Gasteiger charge is -2.23. The van der Waals surface area contributed by atoms with Crippen molar-refractivity contribution >= 4 is 22.7 Å². The van der Waals surface area contributed by atoms with E-state index in [1.165, 1.54) is 0 Å². The molecule has 2 aromatic rings. The van der Waals surface area contributed by atoms with Crippen LogP contribution in [0.5, 0.6) is 0 Å². The molecule has 4 rings (SSSR count). The molecule has 6 heteroatoms. The van der Waals surface area contributed by atoms with E-state index < -0.39 is 0 Å². The number of aryl methyl sites for hydroxylation is 1. The molecule has 0 bridgehead atoms. The van der Waals surface area contributed by atoms with Gasteiger partial charge in [-0.15, -0.1) is 0 Å². The van der Waals surface area contributed by atoms with Gasteiger partial charge >= 0.3 is 0 Å². The van der Waals surface area contributed by atoms with Crippen LogP contribution in [0.3, 0.4) is 0 Å². The van der Waals surface area contributed by atoms with Crippen LogP contribution in [0.25, 0.3) is 10.9 Å². The minimum Gasteiger partial charge on any atom is -0.349 e. The van der Waals surface area contributed by atoms with E-state index >= 15 is 0 Å². The molecule has 0 radical (unpaired) electrons. The van der Waals surface area contributed by atoms with Crippen LogP contribution in [0.4, 0.5) is 0 Å². The van der Waals surface area contributed by atoms with Crippen molar-refractivity contribution in [3.05, 3.63) is 30.0 Å². The topological polar surface area (TPSA) is 67.2 Å². The molecule has 0 aliphatic carbocycles. The number of para-hydroxylation sites is 1. The minimum absolute atomic E-state index is 0.0465. The summed E-state index contributed by atoms with van der Waals surface area (Å²) in [6.07, 6.45) is 2.21. The lowest BCUT2D eigenvalue weighted by molar-refractivity contribution is -0.119. The maximum atomic E-state index is 12.8. The Bertz CT molecular complexity index is 782. The number of nitrogens with one attached hydrogen (secondary N) is 1. The van der Waals surface area contributed by atoms with Gasteiger partial charge in [0.2, 0.25) is 5.91 Å². The Morgan fingerprint density at radius 3 is 2.91 bits per heavy atom. The highest BCUT2D eigenvalue weighted by molar-refractivity contribution is 6.05. The van der Waals surface area contributed by atoms with E-state index in [1.54, 1.807) is 4.68 Å². The van der Waals surface area contributed by atoms with Gasteiger partial charge in [0.25, 0.3) is 5.91 Å². The van der Waals surface area contributed by atoms with E-state index in [9.17, 15) is 9.59 Å². The summed E-state index contributed by atoms with van der Waals surface area (Å²) in [4.78, 5) is 26.2. The second-order valence-corrected chi connectivity index (χ2v) is 6.29. The summed E-state index contributed by atoms with van der Waals surface area (Å²) in [5, 5.41) is 8.33. The number of hydrogen-bond donors (Lipinski definition) is 1. The molecule has 114 valence electrons. The number of fused-ring (bicyclic) bond motifs is 1. The molecule has 0 saturated carbocycles. The normalized spacial score (nSPS) is 24.4. The van der Waals surface area contributed by atoms with Crippen LogP contribution >= 0.6 is 0 Å². The van der Waals surface area contributed by atoms with E-state index in [-0.39, 0.29) is 17.4 Å². The largest absolute Gasteiger partial charge is 0.349 e. The maximum Gasteiger partial charge on any atom is 0.275 e. The molecule has 2 aliphatic rings. The highest BCUT2D eigenvalue weighted by atomic mass is 16.2. The highest BCUT2D eigenvalue weighted by Gasteiger charge is 2.45. The fourth-order valence-electron chi connectivity index (χ4n) is 3.65. The van der Waals surface area contributed by atoms with Crippen molar-refractivity contribution in [3.8, 4) is 0 Å². The van der Waals surface area contributed by atoms with Gasteiger partial charge in [0.05, 0.1) is 11.1 Å². The fraction of sp³-hybridized carbons (Fsp3) is 0.438. The number of nitrogens with zero attached hydrogens (tertiary/aromatic N) is 3. The van der Waals surface area contributed by atoms with E-state index in [2.05, 4.69) is 10.4 Å². The van der Waals surface area contributed by atoms with Crippen molar-refractivity contribution in [3.63, 3.8) is 0 Å². The van der Waals surface area contributed by atoms with Gasteiger partial charge in [0.1, 0.15) is 0 Å². The van der Waals surface area contributed by atoms with Crippen molar-refractivity contribution in [1.82, 2.24) is 20.0 Å². The molecule has 6 nitrogen and oxygen atoms in total. The van der Waals surface area contributed by atoms with Crippen LogP contribution in [0.15, 0.2) is 24.3 Å². The van der Waals surface area contributed by atoms with Crippen molar-refractivity contribution in [2.24, 2.45) is 7.05 Å². The number of aromatic nitrogens is 2. The molecule has 2 fully saturated rings. The summed E-state index contributed by atoms with van der Waals surface area (Å²) in [6, 6.07) is 7.75. The molecule has 3 heterocycles. The standard InChI is InChI=1S/C16H18N4O2/c1-19-12-5-3-2-4-11(12)14(18-19)15(22)20-9-8-16(10-20)7-6-13(21)17-16/h2-5H,6-10H2,1H3,(H,17,21). The Labute approximate surface area is 128 Å². The fourth-order valence-corrected chi connectivity index (χ4v) is 3.65.